The first-order chi connectivity index (χ1) is 11.7. The summed E-state index contributed by atoms with van der Waals surface area (Å²) in [6, 6.07) is 10.5. The van der Waals surface area contributed by atoms with Crippen molar-refractivity contribution < 1.29 is 14.3 Å². The Morgan fingerprint density at radius 3 is 3.04 bits per heavy atom. The monoisotopic (exact) mass is 331 g/mol. The lowest BCUT2D eigenvalue weighted by Gasteiger charge is -2.32. The van der Waals surface area contributed by atoms with Gasteiger partial charge in [0.15, 0.2) is 0 Å². The fourth-order valence-corrected chi connectivity index (χ4v) is 2.67. The van der Waals surface area contributed by atoms with Crippen LogP contribution in [0.1, 0.15) is 12.0 Å². The topological polar surface area (TPSA) is 92.4 Å². The number of rotatable bonds is 6. The number of carbonyl (C=O) groups is 1. The van der Waals surface area contributed by atoms with Gasteiger partial charge in [0.1, 0.15) is 0 Å². The first kappa shape index (κ1) is 16.4. The standard InChI is InChI=1S/C16H21N5O3/c1-23-16-18-15(19-20-16)17-14(22)9-13-11-21(7-8-24-13)10-12-5-3-2-4-6-12/h2-6,13H,7-11H2,1H3,(H2,17,18,19,20,22). The van der Waals surface area contributed by atoms with Crippen LogP contribution in [0, 0.1) is 0 Å². The van der Waals surface area contributed by atoms with Crippen LogP contribution in [0.5, 0.6) is 6.01 Å². The molecule has 3 rings (SSSR count). The molecular weight excluding hydrogens is 310 g/mol. The third-order valence-electron chi connectivity index (χ3n) is 3.79. The van der Waals surface area contributed by atoms with E-state index in [1.54, 1.807) is 0 Å². The summed E-state index contributed by atoms with van der Waals surface area (Å²) in [4.78, 5) is 18.4. The average molecular weight is 331 g/mol. The van der Waals surface area contributed by atoms with E-state index in [9.17, 15) is 4.79 Å². The molecule has 2 aromatic rings. The molecule has 8 nitrogen and oxygen atoms in total. The van der Waals surface area contributed by atoms with Crippen molar-refractivity contribution >= 4 is 11.9 Å². The first-order valence-electron chi connectivity index (χ1n) is 7.87. The summed E-state index contributed by atoms with van der Waals surface area (Å²) < 4.78 is 10.6. The molecule has 1 aliphatic rings. The molecule has 0 aliphatic carbocycles. The van der Waals surface area contributed by atoms with Gasteiger partial charge in [-0.05, 0) is 5.56 Å². The predicted octanol–water partition coefficient (Wildman–Crippen LogP) is 1.04. The van der Waals surface area contributed by atoms with Crippen molar-refractivity contribution in [3.63, 3.8) is 0 Å². The van der Waals surface area contributed by atoms with Gasteiger partial charge < -0.3 is 9.47 Å². The number of nitrogens with one attached hydrogen (secondary N) is 2. The third-order valence-corrected chi connectivity index (χ3v) is 3.79. The van der Waals surface area contributed by atoms with Gasteiger partial charge >= 0.3 is 6.01 Å². The Balaban J connectivity index is 1.48. The Hall–Kier alpha value is -2.45. The van der Waals surface area contributed by atoms with E-state index in [1.807, 2.05) is 18.2 Å². The van der Waals surface area contributed by atoms with Gasteiger partial charge in [0.25, 0.3) is 0 Å². The zero-order valence-electron chi connectivity index (χ0n) is 13.6. The smallest absolute Gasteiger partial charge is 0.336 e. The highest BCUT2D eigenvalue weighted by Gasteiger charge is 2.23. The number of amides is 1. The molecular formula is C16H21N5O3. The minimum Gasteiger partial charge on any atom is -0.466 e. The molecule has 0 bridgehead atoms. The van der Waals surface area contributed by atoms with Crippen LogP contribution in [-0.4, -0.2) is 58.9 Å². The fraction of sp³-hybridized carbons (Fsp3) is 0.438. The molecule has 1 amide bonds. The second-order valence-electron chi connectivity index (χ2n) is 5.64. The summed E-state index contributed by atoms with van der Waals surface area (Å²) in [5, 5.41) is 9.04. The number of methoxy groups -OCH3 is 1. The minimum atomic E-state index is -0.166. The Bertz CT molecular complexity index is 661. The second-order valence-corrected chi connectivity index (χ2v) is 5.64. The lowest BCUT2D eigenvalue weighted by atomic mass is 10.1. The summed E-state index contributed by atoms with van der Waals surface area (Å²) >= 11 is 0. The van der Waals surface area contributed by atoms with E-state index in [1.165, 1.54) is 12.7 Å². The van der Waals surface area contributed by atoms with Gasteiger partial charge in [-0.15, -0.1) is 5.10 Å². The number of hydrogen-bond donors (Lipinski definition) is 2. The number of nitrogens with zero attached hydrogens (tertiary/aromatic N) is 3. The zero-order chi connectivity index (χ0) is 16.8. The lowest BCUT2D eigenvalue weighted by Crippen LogP contribution is -2.43. The molecule has 0 saturated carbocycles. The number of anilines is 1. The quantitative estimate of drug-likeness (QED) is 0.822. The van der Waals surface area contributed by atoms with Gasteiger partial charge in [-0.25, -0.2) is 5.10 Å². The summed E-state index contributed by atoms with van der Waals surface area (Å²) in [5.74, 6) is 0.106. The molecule has 2 N–H and O–H groups in total. The molecule has 2 heterocycles. The van der Waals surface area contributed by atoms with Crippen molar-refractivity contribution in [1.82, 2.24) is 20.1 Å². The van der Waals surface area contributed by atoms with Crippen molar-refractivity contribution in [2.45, 2.75) is 19.1 Å². The van der Waals surface area contributed by atoms with Crippen LogP contribution in [0.25, 0.3) is 0 Å². The van der Waals surface area contributed by atoms with E-state index in [-0.39, 0.29) is 30.4 Å². The first-order valence-corrected chi connectivity index (χ1v) is 7.87. The summed E-state index contributed by atoms with van der Waals surface area (Å²) in [6.45, 7) is 3.08. The maximum atomic E-state index is 12.1. The van der Waals surface area contributed by atoms with Crippen molar-refractivity contribution in [2.75, 3.05) is 32.1 Å². The maximum Gasteiger partial charge on any atom is 0.336 e. The number of carbonyl (C=O) groups excluding carboxylic acids is 1. The maximum absolute atomic E-state index is 12.1. The highest BCUT2D eigenvalue weighted by molar-refractivity contribution is 5.89. The molecule has 1 aromatic carbocycles. The van der Waals surface area contributed by atoms with Crippen molar-refractivity contribution in [2.24, 2.45) is 0 Å². The number of H-pyrrole nitrogens is 1. The number of aromatic amines is 1. The van der Waals surface area contributed by atoms with Gasteiger partial charge in [-0.3, -0.25) is 15.0 Å². The number of aromatic nitrogens is 3. The number of benzene rings is 1. The van der Waals surface area contributed by atoms with E-state index in [2.05, 4.69) is 37.5 Å². The number of hydrogen-bond acceptors (Lipinski definition) is 6. The lowest BCUT2D eigenvalue weighted by molar-refractivity contribution is -0.121. The molecule has 24 heavy (non-hydrogen) atoms. The van der Waals surface area contributed by atoms with Crippen LogP contribution in [0.3, 0.4) is 0 Å². The molecule has 1 aliphatic heterocycles. The van der Waals surface area contributed by atoms with Gasteiger partial charge in [0.2, 0.25) is 11.9 Å². The van der Waals surface area contributed by atoms with Gasteiger partial charge in [0, 0.05) is 19.6 Å². The summed E-state index contributed by atoms with van der Waals surface area (Å²) in [5.41, 5.74) is 1.26. The highest BCUT2D eigenvalue weighted by atomic mass is 16.5. The molecule has 1 aromatic heterocycles. The van der Waals surface area contributed by atoms with Gasteiger partial charge in [0.05, 0.1) is 26.2 Å². The van der Waals surface area contributed by atoms with Crippen LogP contribution >= 0.6 is 0 Å². The molecule has 128 valence electrons. The Morgan fingerprint density at radius 1 is 1.46 bits per heavy atom. The van der Waals surface area contributed by atoms with Crippen LogP contribution < -0.4 is 10.1 Å². The van der Waals surface area contributed by atoms with E-state index in [0.717, 1.165) is 19.6 Å². The Labute approximate surface area is 140 Å². The fourth-order valence-electron chi connectivity index (χ4n) is 2.67. The summed E-state index contributed by atoms with van der Waals surface area (Å²) in [6.07, 6.45) is 0.140. The van der Waals surface area contributed by atoms with Crippen LogP contribution in [-0.2, 0) is 16.1 Å². The number of morpholine rings is 1. The van der Waals surface area contributed by atoms with Crippen molar-refractivity contribution in [3.05, 3.63) is 35.9 Å². The predicted molar refractivity (Wildman–Crippen MR) is 87.6 cm³/mol. The van der Waals surface area contributed by atoms with E-state index in [0.29, 0.717) is 6.61 Å². The van der Waals surface area contributed by atoms with E-state index in [4.69, 9.17) is 9.47 Å². The minimum absolute atomic E-state index is 0.132. The molecule has 1 atom stereocenters. The summed E-state index contributed by atoms with van der Waals surface area (Å²) in [7, 11) is 1.46. The molecule has 0 spiro atoms. The van der Waals surface area contributed by atoms with Crippen LogP contribution in [0.2, 0.25) is 0 Å². The van der Waals surface area contributed by atoms with Crippen LogP contribution in [0.4, 0.5) is 5.95 Å². The molecule has 1 unspecified atom stereocenters. The SMILES string of the molecule is COc1n[nH]c(NC(=O)CC2CN(Cc3ccccc3)CCO2)n1. The average Bonchev–Trinajstić information content (AvgIpc) is 3.03. The highest BCUT2D eigenvalue weighted by Crippen LogP contribution is 2.13. The van der Waals surface area contributed by atoms with Crippen molar-refractivity contribution in [1.29, 1.82) is 0 Å². The van der Waals surface area contributed by atoms with E-state index < -0.39 is 0 Å². The van der Waals surface area contributed by atoms with E-state index >= 15 is 0 Å². The largest absolute Gasteiger partial charge is 0.466 e. The molecule has 0 radical (unpaired) electrons. The second kappa shape index (κ2) is 7.89. The zero-order valence-corrected chi connectivity index (χ0v) is 13.6. The van der Waals surface area contributed by atoms with Crippen molar-refractivity contribution in [3.8, 4) is 6.01 Å². The molecule has 1 saturated heterocycles. The molecule has 8 heteroatoms. The Kier molecular flexibility index (Phi) is 5.39. The molecule has 1 fully saturated rings. The third kappa shape index (κ3) is 4.53. The van der Waals surface area contributed by atoms with Gasteiger partial charge in [-0.2, -0.15) is 4.98 Å². The number of ether oxygens (including phenoxy) is 2. The van der Waals surface area contributed by atoms with Crippen LogP contribution in [0.15, 0.2) is 30.3 Å². The normalized spacial score (nSPS) is 18.3. The Morgan fingerprint density at radius 2 is 2.29 bits per heavy atom. The van der Waals surface area contributed by atoms with Gasteiger partial charge in [-0.1, -0.05) is 30.3 Å².